The largest absolute Gasteiger partial charge is 0.462 e. The van der Waals surface area contributed by atoms with Crippen LogP contribution in [0.5, 0.6) is 0 Å². The summed E-state index contributed by atoms with van der Waals surface area (Å²) < 4.78 is 10.6. The zero-order valence-electron chi connectivity index (χ0n) is 30.3. The van der Waals surface area contributed by atoms with Crippen molar-refractivity contribution in [1.29, 1.82) is 0 Å². The second kappa shape index (κ2) is 37.6. The lowest BCUT2D eigenvalue weighted by Crippen LogP contribution is -2.28. The monoisotopic (exact) mass is 647 g/mol. The average molecular weight is 647 g/mol. The van der Waals surface area contributed by atoms with Crippen molar-refractivity contribution in [3.63, 3.8) is 0 Å². The Bertz CT molecular complexity index is 741. The van der Waals surface area contributed by atoms with E-state index in [1.165, 1.54) is 109 Å². The quantitative estimate of drug-likeness (QED) is 0.0421. The summed E-state index contributed by atoms with van der Waals surface area (Å²) >= 11 is 0. The van der Waals surface area contributed by atoms with Gasteiger partial charge in [-0.15, -0.1) is 0 Å². The molecule has 1 atom stereocenters. The summed E-state index contributed by atoms with van der Waals surface area (Å²) in [5.41, 5.74) is 0. The second-order valence-corrected chi connectivity index (χ2v) is 13.0. The van der Waals surface area contributed by atoms with Crippen molar-refractivity contribution in [2.75, 3.05) is 13.2 Å². The van der Waals surface area contributed by atoms with Gasteiger partial charge >= 0.3 is 11.9 Å². The topological polar surface area (TPSA) is 72.8 Å². The summed E-state index contributed by atoms with van der Waals surface area (Å²) in [6.07, 6.45) is 44.8. The SMILES string of the molecule is CCCCCC/C=C\C/C=C\CCCCCCCCCC(=O)OC(CO)COC(=O)CCCCCCC/C=C\CCCCCCC. The van der Waals surface area contributed by atoms with E-state index in [1.54, 1.807) is 0 Å². The van der Waals surface area contributed by atoms with E-state index in [0.29, 0.717) is 12.8 Å². The molecule has 0 aliphatic carbocycles. The lowest BCUT2D eigenvalue weighted by molar-refractivity contribution is -0.161. The van der Waals surface area contributed by atoms with Crippen LogP contribution in [0.25, 0.3) is 0 Å². The number of hydrogen-bond donors (Lipinski definition) is 1. The predicted molar refractivity (Wildman–Crippen MR) is 196 cm³/mol. The summed E-state index contributed by atoms with van der Waals surface area (Å²) in [4.78, 5) is 24.2. The molecule has 0 spiro atoms. The lowest BCUT2D eigenvalue weighted by Gasteiger charge is -2.15. The molecule has 1 unspecified atom stereocenters. The summed E-state index contributed by atoms with van der Waals surface area (Å²) in [7, 11) is 0. The highest BCUT2D eigenvalue weighted by Gasteiger charge is 2.16. The van der Waals surface area contributed by atoms with Crippen molar-refractivity contribution in [3.05, 3.63) is 36.5 Å². The molecule has 0 aliphatic rings. The molecular weight excluding hydrogens is 572 g/mol. The molecule has 1 N–H and O–H groups in total. The molecule has 0 radical (unpaired) electrons. The molecule has 0 rings (SSSR count). The van der Waals surface area contributed by atoms with Crippen LogP contribution in [0.4, 0.5) is 0 Å². The third kappa shape index (κ3) is 35.0. The number of carbonyl (C=O) groups excluding carboxylic acids is 2. The van der Waals surface area contributed by atoms with Crippen molar-refractivity contribution in [3.8, 4) is 0 Å². The van der Waals surface area contributed by atoms with Gasteiger partial charge in [-0.1, -0.05) is 147 Å². The van der Waals surface area contributed by atoms with Crippen LogP contribution in [0.2, 0.25) is 0 Å². The maximum Gasteiger partial charge on any atom is 0.306 e. The van der Waals surface area contributed by atoms with E-state index in [9.17, 15) is 14.7 Å². The van der Waals surface area contributed by atoms with Gasteiger partial charge < -0.3 is 14.6 Å². The number of aliphatic hydroxyl groups is 1. The molecule has 5 nitrogen and oxygen atoms in total. The Morgan fingerprint density at radius 3 is 1.33 bits per heavy atom. The van der Waals surface area contributed by atoms with Gasteiger partial charge in [0.25, 0.3) is 0 Å². The molecule has 0 saturated carbocycles. The number of carbonyl (C=O) groups is 2. The maximum absolute atomic E-state index is 12.2. The highest BCUT2D eigenvalue weighted by atomic mass is 16.6. The third-order valence-corrected chi connectivity index (χ3v) is 8.41. The zero-order chi connectivity index (χ0) is 33.6. The van der Waals surface area contributed by atoms with Crippen LogP contribution in [0, 0.1) is 0 Å². The van der Waals surface area contributed by atoms with Gasteiger partial charge in [0.1, 0.15) is 6.61 Å². The fourth-order valence-electron chi connectivity index (χ4n) is 5.40. The molecule has 0 fully saturated rings. The molecule has 0 heterocycles. The molecule has 0 saturated heterocycles. The van der Waals surface area contributed by atoms with Gasteiger partial charge in [-0.3, -0.25) is 9.59 Å². The van der Waals surface area contributed by atoms with Crippen LogP contribution in [-0.2, 0) is 19.1 Å². The van der Waals surface area contributed by atoms with Crippen molar-refractivity contribution in [2.45, 2.75) is 200 Å². The van der Waals surface area contributed by atoms with E-state index in [2.05, 4.69) is 50.3 Å². The van der Waals surface area contributed by atoms with Crippen molar-refractivity contribution in [1.82, 2.24) is 0 Å². The molecule has 0 aromatic heterocycles. The van der Waals surface area contributed by atoms with Crippen LogP contribution in [0.15, 0.2) is 36.5 Å². The number of allylic oxidation sites excluding steroid dienone is 6. The van der Waals surface area contributed by atoms with E-state index in [1.807, 2.05) is 0 Å². The Labute approximate surface area is 285 Å². The molecule has 0 bridgehead atoms. The highest BCUT2D eigenvalue weighted by Crippen LogP contribution is 2.13. The predicted octanol–water partition coefficient (Wildman–Crippen LogP) is 12.1. The number of rotatable bonds is 35. The van der Waals surface area contributed by atoms with Crippen LogP contribution in [0.3, 0.4) is 0 Å². The Kier molecular flexibility index (Phi) is 36.0. The summed E-state index contributed by atoms with van der Waals surface area (Å²) in [5, 5.41) is 9.54. The molecule has 5 heteroatoms. The Morgan fingerprint density at radius 2 is 0.870 bits per heavy atom. The Balaban J connectivity index is 3.58. The molecule has 268 valence electrons. The fourth-order valence-corrected chi connectivity index (χ4v) is 5.40. The van der Waals surface area contributed by atoms with Crippen LogP contribution in [0.1, 0.15) is 194 Å². The molecule has 46 heavy (non-hydrogen) atoms. The minimum atomic E-state index is -0.776. The highest BCUT2D eigenvalue weighted by molar-refractivity contribution is 5.70. The Hall–Kier alpha value is -1.88. The van der Waals surface area contributed by atoms with E-state index in [-0.39, 0.29) is 25.2 Å². The minimum absolute atomic E-state index is 0.0724. The normalized spacial score (nSPS) is 12.5. The van der Waals surface area contributed by atoms with Crippen molar-refractivity contribution in [2.24, 2.45) is 0 Å². The number of ether oxygens (including phenoxy) is 2. The Morgan fingerprint density at radius 1 is 0.500 bits per heavy atom. The van der Waals surface area contributed by atoms with Crippen LogP contribution >= 0.6 is 0 Å². The van der Waals surface area contributed by atoms with Gasteiger partial charge in [-0.2, -0.15) is 0 Å². The van der Waals surface area contributed by atoms with Gasteiger partial charge in [0.15, 0.2) is 6.10 Å². The average Bonchev–Trinajstić information content (AvgIpc) is 3.06. The van der Waals surface area contributed by atoms with Gasteiger partial charge in [-0.25, -0.2) is 0 Å². The first-order valence-electron chi connectivity index (χ1n) is 19.5. The van der Waals surface area contributed by atoms with Gasteiger partial charge in [0, 0.05) is 12.8 Å². The number of aliphatic hydroxyl groups excluding tert-OH is 1. The van der Waals surface area contributed by atoms with Crippen LogP contribution < -0.4 is 0 Å². The van der Waals surface area contributed by atoms with Gasteiger partial charge in [0.2, 0.25) is 0 Å². The summed E-state index contributed by atoms with van der Waals surface area (Å²) in [5.74, 6) is -0.608. The van der Waals surface area contributed by atoms with Crippen LogP contribution in [-0.4, -0.2) is 36.4 Å². The number of unbranched alkanes of at least 4 members (excludes halogenated alkanes) is 21. The molecule has 0 aromatic rings. The molecule has 0 aliphatic heterocycles. The zero-order valence-corrected chi connectivity index (χ0v) is 30.3. The maximum atomic E-state index is 12.2. The van der Waals surface area contributed by atoms with Gasteiger partial charge in [-0.05, 0) is 70.6 Å². The number of esters is 2. The summed E-state index contributed by atoms with van der Waals surface area (Å²) in [6, 6.07) is 0. The third-order valence-electron chi connectivity index (χ3n) is 8.41. The minimum Gasteiger partial charge on any atom is -0.462 e. The number of hydrogen-bond acceptors (Lipinski definition) is 5. The lowest BCUT2D eigenvalue weighted by atomic mass is 10.1. The summed E-state index contributed by atoms with van der Waals surface area (Å²) in [6.45, 7) is 4.10. The van der Waals surface area contributed by atoms with E-state index < -0.39 is 6.10 Å². The second-order valence-electron chi connectivity index (χ2n) is 13.0. The molecule has 0 amide bonds. The van der Waals surface area contributed by atoms with E-state index >= 15 is 0 Å². The molecule has 0 aromatic carbocycles. The van der Waals surface area contributed by atoms with Crippen molar-refractivity contribution >= 4 is 11.9 Å². The van der Waals surface area contributed by atoms with Crippen molar-refractivity contribution < 1.29 is 24.2 Å². The standard InChI is InChI=1S/C41H74O5/c1-3-5-7-9-11-13-15-17-19-20-21-22-24-26-28-30-32-34-36-41(44)46-39(37-42)38-45-40(43)35-33-31-29-27-25-23-18-16-14-12-10-8-6-4-2/h13,15-16,18-20,39,42H,3-12,14,17,21-38H2,1-2H3/b15-13-,18-16-,20-19-. The van der Waals surface area contributed by atoms with Gasteiger partial charge in [0.05, 0.1) is 6.61 Å². The molecular formula is C41H74O5. The first-order chi connectivity index (χ1) is 22.6. The first-order valence-corrected chi connectivity index (χ1v) is 19.5. The van der Waals surface area contributed by atoms with E-state index in [0.717, 1.165) is 57.8 Å². The first kappa shape index (κ1) is 44.1. The smallest absolute Gasteiger partial charge is 0.306 e. The van der Waals surface area contributed by atoms with E-state index in [4.69, 9.17) is 9.47 Å². The fraction of sp³-hybridized carbons (Fsp3) is 0.805.